The van der Waals surface area contributed by atoms with Gasteiger partial charge in [-0.25, -0.2) is 0 Å². The number of aromatic nitrogens is 1. The quantitative estimate of drug-likeness (QED) is 0.729. The Balaban J connectivity index is 1.69. The summed E-state index contributed by atoms with van der Waals surface area (Å²) >= 11 is 0. The molecule has 0 fully saturated rings. The molecule has 1 aliphatic heterocycles. The lowest BCUT2D eigenvalue weighted by molar-refractivity contribution is -0.119. The Hall–Kier alpha value is -3.08. The van der Waals surface area contributed by atoms with E-state index >= 15 is 0 Å². The molecule has 0 unspecified atom stereocenters. The second-order valence-corrected chi connectivity index (χ2v) is 5.69. The maximum absolute atomic E-state index is 12.8. The molecule has 0 radical (unpaired) electrons. The topological polar surface area (TPSA) is 51.5 Å². The van der Waals surface area contributed by atoms with Crippen LogP contribution in [-0.4, -0.2) is 23.6 Å². The van der Waals surface area contributed by atoms with Gasteiger partial charge in [0.15, 0.2) is 5.43 Å². The zero-order chi connectivity index (χ0) is 16.5. The fourth-order valence-electron chi connectivity index (χ4n) is 3.06. The Kier molecular flexibility index (Phi) is 3.54. The van der Waals surface area contributed by atoms with Gasteiger partial charge in [0.1, 0.15) is 18.9 Å². The van der Waals surface area contributed by atoms with Crippen molar-refractivity contribution in [2.45, 2.75) is 6.54 Å². The van der Waals surface area contributed by atoms with Gasteiger partial charge in [0.2, 0.25) is 5.91 Å². The van der Waals surface area contributed by atoms with Crippen molar-refractivity contribution in [3.05, 3.63) is 71.0 Å². The molecule has 1 aromatic heterocycles. The van der Waals surface area contributed by atoms with E-state index in [0.717, 1.165) is 17.0 Å². The zero-order valence-corrected chi connectivity index (χ0v) is 13.0. The minimum Gasteiger partial charge on any atom is -0.490 e. The number of nitrogens with zero attached hydrogens (tertiary/aromatic N) is 2. The van der Waals surface area contributed by atoms with Crippen molar-refractivity contribution < 1.29 is 9.53 Å². The number of benzene rings is 2. The molecule has 2 aromatic carbocycles. The van der Waals surface area contributed by atoms with E-state index < -0.39 is 0 Å². The molecule has 5 heteroatoms. The minimum absolute atomic E-state index is 0.0282. The summed E-state index contributed by atoms with van der Waals surface area (Å²) in [4.78, 5) is 26.5. The number of anilines is 1. The third-order valence-electron chi connectivity index (χ3n) is 4.22. The number of para-hydroxylation sites is 3. The van der Waals surface area contributed by atoms with E-state index in [-0.39, 0.29) is 17.9 Å². The van der Waals surface area contributed by atoms with Crippen molar-refractivity contribution >= 4 is 22.5 Å². The van der Waals surface area contributed by atoms with Crippen LogP contribution in [0.3, 0.4) is 0 Å². The van der Waals surface area contributed by atoms with Crippen LogP contribution in [0.25, 0.3) is 10.9 Å². The number of ether oxygens (including phenoxy) is 1. The molecule has 0 aliphatic carbocycles. The second-order valence-electron chi connectivity index (χ2n) is 5.69. The van der Waals surface area contributed by atoms with Gasteiger partial charge >= 0.3 is 0 Å². The molecule has 24 heavy (non-hydrogen) atoms. The first-order chi connectivity index (χ1) is 11.7. The third-order valence-corrected chi connectivity index (χ3v) is 4.22. The predicted molar refractivity (Wildman–Crippen MR) is 92.5 cm³/mol. The lowest BCUT2D eigenvalue weighted by Crippen LogP contribution is -2.40. The van der Waals surface area contributed by atoms with Crippen LogP contribution in [0.2, 0.25) is 0 Å². The van der Waals surface area contributed by atoms with Crippen LogP contribution in [0.15, 0.2) is 65.6 Å². The monoisotopic (exact) mass is 320 g/mol. The Labute approximate surface area is 138 Å². The van der Waals surface area contributed by atoms with Crippen molar-refractivity contribution in [3.8, 4) is 5.75 Å². The van der Waals surface area contributed by atoms with E-state index in [2.05, 4.69) is 0 Å². The van der Waals surface area contributed by atoms with Gasteiger partial charge in [0.25, 0.3) is 0 Å². The number of carbonyl (C=O) groups excluding carboxylic acids is 1. The number of hydrogen-bond donors (Lipinski definition) is 0. The number of rotatable bonds is 2. The first-order valence-electron chi connectivity index (χ1n) is 7.84. The summed E-state index contributed by atoms with van der Waals surface area (Å²) in [5, 5.41) is 0.621. The van der Waals surface area contributed by atoms with Crippen LogP contribution in [0, 0.1) is 0 Å². The summed E-state index contributed by atoms with van der Waals surface area (Å²) in [7, 11) is 0. The highest BCUT2D eigenvalue weighted by atomic mass is 16.5. The molecular weight excluding hydrogens is 304 g/mol. The van der Waals surface area contributed by atoms with Crippen molar-refractivity contribution in [1.29, 1.82) is 0 Å². The number of hydrogen-bond acceptors (Lipinski definition) is 3. The summed E-state index contributed by atoms with van der Waals surface area (Å²) in [6, 6.07) is 16.4. The van der Waals surface area contributed by atoms with Gasteiger partial charge in [-0.3, -0.25) is 9.59 Å². The molecule has 2 heterocycles. The van der Waals surface area contributed by atoms with E-state index in [9.17, 15) is 9.59 Å². The molecule has 0 bridgehead atoms. The molecule has 0 saturated carbocycles. The average Bonchev–Trinajstić information content (AvgIpc) is 2.64. The molecular formula is C19H16N2O3. The van der Waals surface area contributed by atoms with Crippen molar-refractivity contribution in [1.82, 2.24) is 4.57 Å². The fraction of sp³-hybridized carbons (Fsp3) is 0.158. The maximum atomic E-state index is 12.8. The van der Waals surface area contributed by atoms with E-state index in [1.165, 1.54) is 6.07 Å². The molecule has 1 amide bonds. The van der Waals surface area contributed by atoms with E-state index in [0.29, 0.717) is 18.5 Å². The molecule has 0 atom stereocenters. The predicted octanol–water partition coefficient (Wildman–Crippen LogP) is 2.43. The Morgan fingerprint density at radius 2 is 1.83 bits per heavy atom. The van der Waals surface area contributed by atoms with Gasteiger partial charge in [-0.2, -0.15) is 0 Å². The molecule has 0 spiro atoms. The number of fused-ring (bicyclic) bond motifs is 2. The number of carbonyl (C=O) groups is 1. The highest BCUT2D eigenvalue weighted by Gasteiger charge is 2.23. The molecule has 0 saturated heterocycles. The normalized spacial score (nSPS) is 13.4. The largest absolute Gasteiger partial charge is 0.490 e. The van der Waals surface area contributed by atoms with Gasteiger partial charge in [-0.15, -0.1) is 0 Å². The second kappa shape index (κ2) is 5.85. The van der Waals surface area contributed by atoms with Crippen LogP contribution in [0.5, 0.6) is 5.75 Å². The SMILES string of the molecule is O=C(Cn1ccc(=O)c2ccccc21)N1CCOc2ccccc21. The Morgan fingerprint density at radius 3 is 2.75 bits per heavy atom. The highest BCUT2D eigenvalue weighted by molar-refractivity contribution is 5.96. The fourth-order valence-corrected chi connectivity index (χ4v) is 3.06. The smallest absolute Gasteiger partial charge is 0.247 e. The molecule has 3 aromatic rings. The summed E-state index contributed by atoms with van der Waals surface area (Å²) in [6.45, 7) is 1.18. The first kappa shape index (κ1) is 14.5. The van der Waals surface area contributed by atoms with Gasteiger partial charge in [0, 0.05) is 17.6 Å². The lowest BCUT2D eigenvalue weighted by atomic mass is 10.2. The summed E-state index contributed by atoms with van der Waals surface area (Å²) < 4.78 is 7.41. The van der Waals surface area contributed by atoms with Crippen LogP contribution >= 0.6 is 0 Å². The van der Waals surface area contributed by atoms with Crippen molar-refractivity contribution in [3.63, 3.8) is 0 Å². The molecule has 120 valence electrons. The zero-order valence-electron chi connectivity index (χ0n) is 13.0. The van der Waals surface area contributed by atoms with Crippen LogP contribution in [0.1, 0.15) is 0 Å². The van der Waals surface area contributed by atoms with Crippen LogP contribution < -0.4 is 15.1 Å². The third kappa shape index (κ3) is 2.44. The van der Waals surface area contributed by atoms with Crippen molar-refractivity contribution in [2.24, 2.45) is 0 Å². The van der Waals surface area contributed by atoms with E-state index in [4.69, 9.17) is 4.74 Å². The van der Waals surface area contributed by atoms with Gasteiger partial charge in [-0.05, 0) is 24.3 Å². The van der Waals surface area contributed by atoms with E-state index in [1.54, 1.807) is 17.2 Å². The molecule has 4 rings (SSSR count). The summed E-state index contributed by atoms with van der Waals surface area (Å²) in [5.41, 5.74) is 1.52. The van der Waals surface area contributed by atoms with Gasteiger partial charge < -0.3 is 14.2 Å². The minimum atomic E-state index is -0.0361. The average molecular weight is 320 g/mol. The Bertz CT molecular complexity index is 978. The van der Waals surface area contributed by atoms with Crippen LogP contribution in [0.4, 0.5) is 5.69 Å². The highest BCUT2D eigenvalue weighted by Crippen LogP contribution is 2.31. The van der Waals surface area contributed by atoms with Gasteiger partial charge in [0.05, 0.1) is 17.7 Å². The molecule has 5 nitrogen and oxygen atoms in total. The number of pyridine rings is 1. The van der Waals surface area contributed by atoms with E-state index in [1.807, 2.05) is 47.0 Å². The van der Waals surface area contributed by atoms with Crippen molar-refractivity contribution in [2.75, 3.05) is 18.1 Å². The molecule has 0 N–H and O–H groups in total. The summed E-state index contributed by atoms with van der Waals surface area (Å²) in [6.07, 6.45) is 1.68. The Morgan fingerprint density at radius 1 is 1.04 bits per heavy atom. The maximum Gasteiger partial charge on any atom is 0.247 e. The first-order valence-corrected chi connectivity index (χ1v) is 7.84. The number of amides is 1. The summed E-state index contributed by atoms with van der Waals surface area (Å²) in [5.74, 6) is 0.696. The van der Waals surface area contributed by atoms with Gasteiger partial charge in [-0.1, -0.05) is 24.3 Å². The van der Waals surface area contributed by atoms with Crippen LogP contribution in [-0.2, 0) is 11.3 Å². The lowest BCUT2D eigenvalue weighted by Gasteiger charge is -2.29. The standard InChI is InChI=1S/C19H16N2O3/c22-17-9-10-20(15-6-2-1-5-14(15)17)13-19(23)21-11-12-24-18-8-4-3-7-16(18)21/h1-10H,11-13H2. The molecule has 1 aliphatic rings.